The maximum absolute atomic E-state index is 9.42. The summed E-state index contributed by atoms with van der Waals surface area (Å²) in [5, 5.41) is 18.8. The van der Waals surface area contributed by atoms with Crippen molar-refractivity contribution in [1.29, 1.82) is 10.5 Å². The van der Waals surface area contributed by atoms with Gasteiger partial charge in [0, 0.05) is 25.3 Å². The fraction of sp³-hybridized carbons (Fsp3) is 0.188. The fourth-order valence-electron chi connectivity index (χ4n) is 2.16. The van der Waals surface area contributed by atoms with Gasteiger partial charge in [-0.2, -0.15) is 15.5 Å². The highest BCUT2D eigenvalue weighted by molar-refractivity contribution is 5.82. The van der Waals surface area contributed by atoms with Crippen LogP contribution in [0.1, 0.15) is 11.1 Å². The van der Waals surface area contributed by atoms with E-state index in [1.807, 2.05) is 55.4 Å². The van der Waals surface area contributed by atoms with Crippen LogP contribution in [0, 0.1) is 22.7 Å². The van der Waals surface area contributed by atoms with Crippen molar-refractivity contribution in [3.63, 3.8) is 0 Å². The molecule has 0 unspecified atom stereocenters. The van der Waals surface area contributed by atoms with Gasteiger partial charge in [-0.05, 0) is 17.7 Å². The molecule has 0 fully saturated rings. The number of nitrogen functional groups attached to an aromatic ring is 1. The molecule has 2 N–H and O–H groups in total. The molecule has 0 radical (unpaired) electrons. The largest absolute Gasteiger partial charge is 0.480 e. The first kappa shape index (κ1) is 15.1. The van der Waals surface area contributed by atoms with Gasteiger partial charge in [0.1, 0.15) is 29.1 Å². The van der Waals surface area contributed by atoms with Crippen LogP contribution in [0.25, 0.3) is 11.1 Å². The molecule has 0 saturated heterocycles. The van der Waals surface area contributed by atoms with E-state index in [2.05, 4.69) is 4.98 Å². The van der Waals surface area contributed by atoms with E-state index < -0.39 is 0 Å². The summed E-state index contributed by atoms with van der Waals surface area (Å²) in [5.41, 5.74) is 8.36. The van der Waals surface area contributed by atoms with Crippen LogP contribution in [0.3, 0.4) is 0 Å². The molecular formula is C16H15N5O. The molecular weight excluding hydrogens is 278 g/mol. The Morgan fingerprint density at radius 3 is 2.14 bits per heavy atom. The number of benzene rings is 1. The van der Waals surface area contributed by atoms with Crippen molar-refractivity contribution in [2.75, 3.05) is 31.8 Å². The van der Waals surface area contributed by atoms with E-state index >= 15 is 0 Å². The number of anilines is 2. The first-order valence-electron chi connectivity index (χ1n) is 6.48. The predicted molar refractivity (Wildman–Crippen MR) is 84.4 cm³/mol. The molecule has 0 atom stereocenters. The van der Waals surface area contributed by atoms with Gasteiger partial charge >= 0.3 is 0 Å². The van der Waals surface area contributed by atoms with Crippen molar-refractivity contribution in [3.8, 4) is 29.1 Å². The third-order valence-corrected chi connectivity index (χ3v) is 3.28. The Labute approximate surface area is 129 Å². The van der Waals surface area contributed by atoms with E-state index in [1.54, 1.807) is 0 Å². The Balaban J connectivity index is 2.75. The second-order valence-electron chi connectivity index (χ2n) is 4.80. The zero-order valence-corrected chi connectivity index (χ0v) is 12.6. The summed E-state index contributed by atoms with van der Waals surface area (Å²) >= 11 is 0. The fourth-order valence-corrected chi connectivity index (χ4v) is 2.16. The lowest BCUT2D eigenvalue weighted by atomic mass is 9.96. The third kappa shape index (κ3) is 2.50. The quantitative estimate of drug-likeness (QED) is 0.930. The van der Waals surface area contributed by atoms with Crippen LogP contribution in [0.5, 0.6) is 5.88 Å². The van der Waals surface area contributed by atoms with Crippen LogP contribution in [0.2, 0.25) is 0 Å². The molecule has 0 aliphatic heterocycles. The second kappa shape index (κ2) is 6.02. The Morgan fingerprint density at radius 1 is 1.09 bits per heavy atom. The number of methoxy groups -OCH3 is 1. The van der Waals surface area contributed by atoms with Crippen molar-refractivity contribution in [2.45, 2.75) is 0 Å². The minimum atomic E-state index is 0.0463. The highest BCUT2D eigenvalue weighted by Crippen LogP contribution is 2.35. The van der Waals surface area contributed by atoms with E-state index in [1.165, 1.54) is 7.11 Å². The maximum atomic E-state index is 9.42. The van der Waals surface area contributed by atoms with Gasteiger partial charge in [-0.3, -0.25) is 0 Å². The zero-order valence-electron chi connectivity index (χ0n) is 12.6. The van der Waals surface area contributed by atoms with Crippen molar-refractivity contribution < 1.29 is 4.74 Å². The first-order valence-corrected chi connectivity index (χ1v) is 6.48. The maximum Gasteiger partial charge on any atom is 0.234 e. The van der Waals surface area contributed by atoms with Crippen LogP contribution in [0.15, 0.2) is 24.3 Å². The van der Waals surface area contributed by atoms with E-state index in [4.69, 9.17) is 10.5 Å². The average molecular weight is 293 g/mol. The summed E-state index contributed by atoms with van der Waals surface area (Å²) in [6.07, 6.45) is 0. The van der Waals surface area contributed by atoms with Crippen LogP contribution in [-0.2, 0) is 0 Å². The van der Waals surface area contributed by atoms with Crippen molar-refractivity contribution in [3.05, 3.63) is 35.4 Å². The normalized spacial score (nSPS) is 9.68. The van der Waals surface area contributed by atoms with Crippen LogP contribution >= 0.6 is 0 Å². The van der Waals surface area contributed by atoms with E-state index in [0.717, 1.165) is 5.69 Å². The van der Waals surface area contributed by atoms with Gasteiger partial charge in [0.05, 0.1) is 7.11 Å². The zero-order chi connectivity index (χ0) is 16.3. The summed E-state index contributed by atoms with van der Waals surface area (Å²) in [6, 6.07) is 11.6. The van der Waals surface area contributed by atoms with Gasteiger partial charge in [0.25, 0.3) is 0 Å². The molecule has 2 aromatic rings. The number of hydrogen-bond acceptors (Lipinski definition) is 6. The van der Waals surface area contributed by atoms with Gasteiger partial charge in [-0.15, -0.1) is 0 Å². The number of pyridine rings is 1. The smallest absolute Gasteiger partial charge is 0.234 e. The average Bonchev–Trinajstić information content (AvgIpc) is 2.53. The summed E-state index contributed by atoms with van der Waals surface area (Å²) in [6.45, 7) is 0. The van der Waals surface area contributed by atoms with Crippen molar-refractivity contribution >= 4 is 11.5 Å². The number of nitriles is 2. The van der Waals surface area contributed by atoms with Crippen LogP contribution in [-0.4, -0.2) is 26.2 Å². The summed E-state index contributed by atoms with van der Waals surface area (Å²) in [7, 11) is 5.28. The molecule has 0 saturated carbocycles. The van der Waals surface area contributed by atoms with Gasteiger partial charge in [0.15, 0.2) is 0 Å². The van der Waals surface area contributed by atoms with Crippen molar-refractivity contribution in [1.82, 2.24) is 4.98 Å². The first-order chi connectivity index (χ1) is 10.5. The lowest BCUT2D eigenvalue weighted by molar-refractivity contribution is 0.397. The molecule has 110 valence electrons. The number of hydrogen-bond donors (Lipinski definition) is 1. The Morgan fingerprint density at radius 2 is 1.68 bits per heavy atom. The molecule has 1 aromatic carbocycles. The SMILES string of the molecule is COc1nc(N)c(C#N)c(-c2ccc(N(C)C)cc2)c1C#N. The second-order valence-corrected chi connectivity index (χ2v) is 4.80. The van der Waals surface area contributed by atoms with Crippen molar-refractivity contribution in [2.24, 2.45) is 0 Å². The number of aromatic nitrogens is 1. The molecule has 6 heteroatoms. The Kier molecular flexibility index (Phi) is 4.15. The lowest BCUT2D eigenvalue weighted by Gasteiger charge is -2.15. The molecule has 6 nitrogen and oxygen atoms in total. The van der Waals surface area contributed by atoms with Gasteiger partial charge in [-0.1, -0.05) is 12.1 Å². The molecule has 22 heavy (non-hydrogen) atoms. The van der Waals surface area contributed by atoms with Crippen LogP contribution < -0.4 is 15.4 Å². The highest BCUT2D eigenvalue weighted by atomic mass is 16.5. The molecule has 0 aliphatic carbocycles. The molecule has 1 heterocycles. The van der Waals surface area contributed by atoms with Gasteiger partial charge in [0.2, 0.25) is 5.88 Å². The topological polar surface area (TPSA) is 99.0 Å². The minimum absolute atomic E-state index is 0.0463. The van der Waals surface area contributed by atoms with Gasteiger partial charge in [-0.25, -0.2) is 0 Å². The predicted octanol–water partition coefficient (Wildman–Crippen LogP) is 2.15. The number of nitrogens with two attached hydrogens (primary N) is 1. The summed E-state index contributed by atoms with van der Waals surface area (Å²) in [5.74, 6) is 0.163. The lowest BCUT2D eigenvalue weighted by Crippen LogP contribution is -2.08. The number of nitrogens with zero attached hydrogens (tertiary/aromatic N) is 4. The summed E-state index contributed by atoms with van der Waals surface area (Å²) < 4.78 is 5.11. The molecule has 0 aliphatic rings. The summed E-state index contributed by atoms with van der Waals surface area (Å²) in [4.78, 5) is 5.93. The van der Waals surface area contributed by atoms with E-state index in [9.17, 15) is 10.5 Å². The molecule has 1 aromatic heterocycles. The minimum Gasteiger partial charge on any atom is -0.480 e. The van der Waals surface area contributed by atoms with E-state index in [-0.39, 0.29) is 22.8 Å². The number of rotatable bonds is 3. The molecule has 0 bridgehead atoms. The Bertz CT molecular complexity index is 782. The highest BCUT2D eigenvalue weighted by Gasteiger charge is 2.20. The van der Waals surface area contributed by atoms with Crippen LogP contribution in [0.4, 0.5) is 11.5 Å². The molecule has 0 amide bonds. The molecule has 0 spiro atoms. The molecule has 2 rings (SSSR count). The third-order valence-electron chi connectivity index (χ3n) is 3.28. The van der Waals surface area contributed by atoms with E-state index in [0.29, 0.717) is 11.1 Å². The number of ether oxygens (including phenoxy) is 1. The van der Waals surface area contributed by atoms with Gasteiger partial charge < -0.3 is 15.4 Å². The monoisotopic (exact) mass is 293 g/mol. The standard InChI is InChI=1S/C16H15N5O/c1-21(2)11-6-4-10(5-7-11)14-12(8-17)15(19)20-16(22-3)13(14)9-18/h4-7H,1-3H3,(H2,19,20). The Hall–Kier alpha value is -3.25.